The summed E-state index contributed by atoms with van der Waals surface area (Å²) in [6, 6.07) is -0.887. The largest absolute Gasteiger partial charge is 0.465 e. The molecule has 3 amide bonds. The molecule has 0 aromatic carbocycles. The minimum atomic E-state index is -1.36. The lowest BCUT2D eigenvalue weighted by Gasteiger charge is -2.31. The summed E-state index contributed by atoms with van der Waals surface area (Å²) < 4.78 is 1.96. The normalized spacial score (nSPS) is 22.0. The molecule has 8 nitrogen and oxygen atoms in total. The van der Waals surface area contributed by atoms with Gasteiger partial charge in [-0.1, -0.05) is 0 Å². The highest BCUT2D eigenvalue weighted by Gasteiger charge is 2.42. The number of carbonyl (C=O) groups excluding carboxylic acids is 2. The van der Waals surface area contributed by atoms with E-state index in [1.807, 2.05) is 10.8 Å². The molecule has 3 heterocycles. The third-order valence-electron chi connectivity index (χ3n) is 3.76. The first-order chi connectivity index (χ1) is 9.58. The standard InChI is InChI=1S/C12H14N4O4/c17-10-2-1-8(16(10)12(19)20)11(18)15-6-5-14-4-3-13-9(14)7-15/h3-4,8H,1-2,5-7H2,(H,19,20)/t8-/m0/s1. The van der Waals surface area contributed by atoms with Crippen molar-refractivity contribution in [1.29, 1.82) is 0 Å². The molecule has 1 fully saturated rings. The van der Waals surface area contributed by atoms with E-state index in [1.54, 1.807) is 11.1 Å². The van der Waals surface area contributed by atoms with Crippen LogP contribution in [0.1, 0.15) is 18.7 Å². The van der Waals surface area contributed by atoms with Crippen LogP contribution in [0.4, 0.5) is 4.79 Å². The van der Waals surface area contributed by atoms with Gasteiger partial charge in [-0.15, -0.1) is 0 Å². The van der Waals surface area contributed by atoms with Crippen LogP contribution < -0.4 is 0 Å². The first-order valence-corrected chi connectivity index (χ1v) is 6.41. The van der Waals surface area contributed by atoms with Gasteiger partial charge in [0.2, 0.25) is 11.8 Å². The number of likely N-dealkylation sites (tertiary alicyclic amines) is 1. The van der Waals surface area contributed by atoms with E-state index in [2.05, 4.69) is 4.98 Å². The predicted molar refractivity (Wildman–Crippen MR) is 65.5 cm³/mol. The first kappa shape index (κ1) is 12.6. The van der Waals surface area contributed by atoms with E-state index in [0.717, 1.165) is 5.82 Å². The van der Waals surface area contributed by atoms with Crippen LogP contribution in [0.15, 0.2) is 12.4 Å². The highest BCUT2D eigenvalue weighted by atomic mass is 16.4. The van der Waals surface area contributed by atoms with E-state index in [9.17, 15) is 14.4 Å². The third kappa shape index (κ3) is 1.93. The first-order valence-electron chi connectivity index (χ1n) is 6.41. The Kier molecular flexibility index (Phi) is 2.92. The number of hydrogen-bond acceptors (Lipinski definition) is 4. The maximum absolute atomic E-state index is 12.4. The van der Waals surface area contributed by atoms with E-state index < -0.39 is 18.0 Å². The molecule has 0 saturated carbocycles. The lowest BCUT2D eigenvalue weighted by Crippen LogP contribution is -2.50. The van der Waals surface area contributed by atoms with Crippen molar-refractivity contribution in [3.05, 3.63) is 18.2 Å². The second-order valence-electron chi connectivity index (χ2n) is 4.90. The molecule has 0 radical (unpaired) electrons. The highest BCUT2D eigenvalue weighted by molar-refractivity contribution is 6.00. The second kappa shape index (κ2) is 4.62. The minimum Gasteiger partial charge on any atom is -0.465 e. The van der Waals surface area contributed by atoms with Gasteiger partial charge in [-0.2, -0.15) is 0 Å². The van der Waals surface area contributed by atoms with Gasteiger partial charge in [0.15, 0.2) is 0 Å². The third-order valence-corrected chi connectivity index (χ3v) is 3.76. The molecule has 2 aliphatic rings. The van der Waals surface area contributed by atoms with Crippen LogP contribution in [0, 0.1) is 0 Å². The van der Waals surface area contributed by atoms with E-state index in [0.29, 0.717) is 24.5 Å². The van der Waals surface area contributed by atoms with Crippen molar-refractivity contribution in [2.45, 2.75) is 32.0 Å². The molecule has 0 unspecified atom stereocenters. The number of hydrogen-bond donors (Lipinski definition) is 1. The smallest absolute Gasteiger partial charge is 0.414 e. The number of rotatable bonds is 1. The molecule has 0 bridgehead atoms. The molecule has 20 heavy (non-hydrogen) atoms. The Bertz CT molecular complexity index is 582. The molecule has 0 aliphatic carbocycles. The van der Waals surface area contributed by atoms with E-state index >= 15 is 0 Å². The Labute approximate surface area is 114 Å². The summed E-state index contributed by atoms with van der Waals surface area (Å²) in [6.07, 6.45) is 2.52. The fourth-order valence-electron chi connectivity index (χ4n) is 2.73. The lowest BCUT2D eigenvalue weighted by atomic mass is 10.2. The van der Waals surface area contributed by atoms with E-state index in [1.165, 1.54) is 0 Å². The van der Waals surface area contributed by atoms with Gasteiger partial charge in [0.1, 0.15) is 11.9 Å². The summed E-state index contributed by atoms with van der Waals surface area (Å²) in [5.41, 5.74) is 0. The van der Waals surface area contributed by atoms with Gasteiger partial charge in [0.25, 0.3) is 0 Å². The monoisotopic (exact) mass is 278 g/mol. The fraction of sp³-hybridized carbons (Fsp3) is 0.500. The van der Waals surface area contributed by atoms with Crippen LogP contribution in [-0.4, -0.2) is 55.0 Å². The number of fused-ring (bicyclic) bond motifs is 1. The molecule has 2 aliphatic heterocycles. The minimum absolute atomic E-state index is 0.102. The van der Waals surface area contributed by atoms with Crippen LogP contribution in [0.25, 0.3) is 0 Å². The number of carbonyl (C=O) groups is 3. The van der Waals surface area contributed by atoms with Crippen molar-refractivity contribution >= 4 is 17.9 Å². The molecule has 106 valence electrons. The summed E-state index contributed by atoms with van der Waals surface area (Å²) in [5, 5.41) is 9.04. The highest BCUT2D eigenvalue weighted by Crippen LogP contribution is 2.22. The molecular weight excluding hydrogens is 264 g/mol. The number of imidazole rings is 1. The Morgan fingerprint density at radius 3 is 2.90 bits per heavy atom. The molecular formula is C12H14N4O4. The van der Waals surface area contributed by atoms with Gasteiger partial charge in [-0.3, -0.25) is 9.59 Å². The lowest BCUT2D eigenvalue weighted by molar-refractivity contribution is -0.141. The topological polar surface area (TPSA) is 95.7 Å². The van der Waals surface area contributed by atoms with Gasteiger partial charge in [0.05, 0.1) is 6.54 Å². The van der Waals surface area contributed by atoms with Crippen LogP contribution in [0.5, 0.6) is 0 Å². The molecule has 0 spiro atoms. The summed E-state index contributed by atoms with van der Waals surface area (Å²) in [6.45, 7) is 1.49. The van der Waals surface area contributed by atoms with Crippen molar-refractivity contribution in [3.63, 3.8) is 0 Å². The summed E-state index contributed by atoms with van der Waals surface area (Å²) in [5.74, 6) is -0.0438. The molecule has 1 saturated heterocycles. The fourth-order valence-corrected chi connectivity index (χ4v) is 2.73. The molecule has 8 heteroatoms. The van der Waals surface area contributed by atoms with Crippen molar-refractivity contribution in [2.24, 2.45) is 0 Å². The van der Waals surface area contributed by atoms with Gasteiger partial charge >= 0.3 is 6.09 Å². The zero-order valence-electron chi connectivity index (χ0n) is 10.7. The Morgan fingerprint density at radius 2 is 2.15 bits per heavy atom. The quantitative estimate of drug-likeness (QED) is 0.773. The maximum atomic E-state index is 12.4. The number of carboxylic acid groups (broad SMARTS) is 1. The van der Waals surface area contributed by atoms with Crippen LogP contribution in [0.2, 0.25) is 0 Å². The summed E-state index contributed by atoms with van der Waals surface area (Å²) in [4.78, 5) is 41.4. The number of aromatic nitrogens is 2. The van der Waals surface area contributed by atoms with Crippen molar-refractivity contribution in [3.8, 4) is 0 Å². The van der Waals surface area contributed by atoms with E-state index in [4.69, 9.17) is 5.11 Å². The Balaban J connectivity index is 1.77. The summed E-state index contributed by atoms with van der Waals surface area (Å²) in [7, 11) is 0. The molecule has 1 atom stereocenters. The molecule has 1 aromatic rings. The van der Waals surface area contributed by atoms with Crippen LogP contribution >= 0.6 is 0 Å². The average Bonchev–Trinajstić information content (AvgIpc) is 3.02. The molecule has 3 rings (SSSR count). The van der Waals surface area contributed by atoms with E-state index in [-0.39, 0.29) is 18.7 Å². The average molecular weight is 278 g/mol. The Hall–Kier alpha value is -2.38. The van der Waals surface area contributed by atoms with Crippen molar-refractivity contribution < 1.29 is 19.5 Å². The number of nitrogens with zero attached hydrogens (tertiary/aromatic N) is 4. The second-order valence-corrected chi connectivity index (χ2v) is 4.90. The number of imide groups is 1. The van der Waals surface area contributed by atoms with Gasteiger partial charge in [-0.05, 0) is 6.42 Å². The molecule has 1 N–H and O–H groups in total. The van der Waals surface area contributed by atoms with Crippen LogP contribution in [-0.2, 0) is 22.7 Å². The Morgan fingerprint density at radius 1 is 1.35 bits per heavy atom. The van der Waals surface area contributed by atoms with Gasteiger partial charge in [-0.25, -0.2) is 14.7 Å². The van der Waals surface area contributed by atoms with Crippen LogP contribution in [0.3, 0.4) is 0 Å². The van der Waals surface area contributed by atoms with Crippen molar-refractivity contribution in [2.75, 3.05) is 6.54 Å². The summed E-state index contributed by atoms with van der Waals surface area (Å²) >= 11 is 0. The van der Waals surface area contributed by atoms with Gasteiger partial charge < -0.3 is 14.6 Å². The van der Waals surface area contributed by atoms with Crippen molar-refractivity contribution in [1.82, 2.24) is 19.4 Å². The SMILES string of the molecule is O=C([C@@H]1CCC(=O)N1C(=O)O)N1CCn2ccnc2C1. The number of amides is 3. The zero-order chi connectivity index (χ0) is 14.3. The maximum Gasteiger partial charge on any atom is 0.414 e. The zero-order valence-corrected chi connectivity index (χ0v) is 10.7. The molecule has 1 aromatic heterocycles. The predicted octanol–water partition coefficient (Wildman–Crippen LogP) is -0.106. The van der Waals surface area contributed by atoms with Gasteiger partial charge in [0, 0.05) is 31.9 Å².